The summed E-state index contributed by atoms with van der Waals surface area (Å²) >= 11 is 0. The molecule has 2 nitrogen and oxygen atoms in total. The molecule has 2 heteroatoms. The van der Waals surface area contributed by atoms with Crippen LogP contribution >= 0.6 is 0 Å². The van der Waals surface area contributed by atoms with Crippen LogP contribution in [0.4, 0.5) is 0 Å². The van der Waals surface area contributed by atoms with Crippen molar-refractivity contribution in [3.8, 4) is 0 Å². The molecule has 3 rings (SSSR count). The van der Waals surface area contributed by atoms with Crippen LogP contribution in [0.5, 0.6) is 0 Å². The van der Waals surface area contributed by atoms with Gasteiger partial charge in [0.15, 0.2) is 0 Å². The van der Waals surface area contributed by atoms with Crippen molar-refractivity contribution in [2.24, 2.45) is 17.3 Å². The third-order valence-electron chi connectivity index (χ3n) is 4.98. The van der Waals surface area contributed by atoms with E-state index in [-0.39, 0.29) is 0 Å². The van der Waals surface area contributed by atoms with Crippen molar-refractivity contribution in [3.63, 3.8) is 0 Å². The monoisotopic (exact) mass is 222 g/mol. The predicted octanol–water partition coefficient (Wildman–Crippen LogP) is 2.15. The first kappa shape index (κ1) is 11.0. The summed E-state index contributed by atoms with van der Waals surface area (Å²) in [6.45, 7) is 6.12. The summed E-state index contributed by atoms with van der Waals surface area (Å²) < 4.78 is 0. The van der Waals surface area contributed by atoms with Crippen molar-refractivity contribution in [2.75, 3.05) is 19.6 Å². The largest absolute Gasteiger partial charge is 0.316 e. The van der Waals surface area contributed by atoms with Crippen molar-refractivity contribution in [1.29, 1.82) is 0 Å². The zero-order chi connectivity index (χ0) is 11.0. The molecule has 1 aliphatic heterocycles. The van der Waals surface area contributed by atoms with Gasteiger partial charge in [-0.3, -0.25) is 0 Å². The van der Waals surface area contributed by atoms with Crippen molar-refractivity contribution in [1.82, 2.24) is 10.6 Å². The third kappa shape index (κ3) is 2.43. The standard InChI is InChI=1S/C14H26N2/c1-11-8-12(4-7-16-11)9-15-10-14(5-6-14)13-2-3-13/h11-13,15-16H,2-10H2,1H3. The molecule has 2 unspecified atom stereocenters. The van der Waals surface area contributed by atoms with Crippen LogP contribution in [0.25, 0.3) is 0 Å². The SMILES string of the molecule is CC1CC(CNCC2(C3CC3)CC2)CCN1. The van der Waals surface area contributed by atoms with E-state index in [1.54, 1.807) is 0 Å². The van der Waals surface area contributed by atoms with E-state index in [0.29, 0.717) is 0 Å². The summed E-state index contributed by atoms with van der Waals surface area (Å²) in [6.07, 6.45) is 8.79. The molecule has 0 aromatic carbocycles. The molecule has 1 saturated heterocycles. The Labute approximate surface area is 99.6 Å². The van der Waals surface area contributed by atoms with Gasteiger partial charge in [-0.15, -0.1) is 0 Å². The molecule has 16 heavy (non-hydrogen) atoms. The van der Waals surface area contributed by atoms with Gasteiger partial charge in [-0.05, 0) is 75.8 Å². The van der Waals surface area contributed by atoms with Crippen molar-refractivity contribution >= 4 is 0 Å². The number of hydrogen-bond donors (Lipinski definition) is 2. The molecule has 1 heterocycles. The Morgan fingerprint density at radius 3 is 2.69 bits per heavy atom. The van der Waals surface area contributed by atoms with Crippen LogP contribution in [-0.2, 0) is 0 Å². The van der Waals surface area contributed by atoms with Gasteiger partial charge < -0.3 is 10.6 Å². The Kier molecular flexibility index (Phi) is 2.97. The van der Waals surface area contributed by atoms with Crippen LogP contribution in [-0.4, -0.2) is 25.7 Å². The normalized spacial score (nSPS) is 37.3. The Hall–Kier alpha value is -0.0800. The highest BCUT2D eigenvalue weighted by atomic mass is 14.9. The number of nitrogens with one attached hydrogen (secondary N) is 2. The summed E-state index contributed by atoms with van der Waals surface area (Å²) in [5.41, 5.74) is 0.776. The molecule has 2 saturated carbocycles. The summed E-state index contributed by atoms with van der Waals surface area (Å²) in [4.78, 5) is 0. The van der Waals surface area contributed by atoms with E-state index in [9.17, 15) is 0 Å². The minimum atomic E-state index is 0.735. The van der Waals surface area contributed by atoms with Gasteiger partial charge in [-0.2, -0.15) is 0 Å². The van der Waals surface area contributed by atoms with Gasteiger partial charge in [0.2, 0.25) is 0 Å². The maximum absolute atomic E-state index is 3.77. The maximum atomic E-state index is 3.77. The molecular formula is C14H26N2. The molecule has 0 radical (unpaired) electrons. The van der Waals surface area contributed by atoms with E-state index in [1.807, 2.05) is 0 Å². The Morgan fingerprint density at radius 2 is 2.06 bits per heavy atom. The topological polar surface area (TPSA) is 24.1 Å². The lowest BCUT2D eigenvalue weighted by molar-refractivity contribution is 0.291. The van der Waals surface area contributed by atoms with Crippen molar-refractivity contribution in [3.05, 3.63) is 0 Å². The molecule has 3 aliphatic rings. The van der Waals surface area contributed by atoms with Gasteiger partial charge in [-0.1, -0.05) is 0 Å². The Balaban J connectivity index is 1.36. The Morgan fingerprint density at radius 1 is 1.25 bits per heavy atom. The summed E-state index contributed by atoms with van der Waals surface area (Å²) in [5.74, 6) is 2.03. The fraction of sp³-hybridized carbons (Fsp3) is 1.00. The van der Waals surface area contributed by atoms with Gasteiger partial charge in [0, 0.05) is 12.6 Å². The van der Waals surface area contributed by atoms with E-state index in [0.717, 1.165) is 23.3 Å². The zero-order valence-electron chi connectivity index (χ0n) is 10.6. The third-order valence-corrected chi connectivity index (χ3v) is 4.98. The molecule has 92 valence electrons. The van der Waals surface area contributed by atoms with Crippen LogP contribution in [0.15, 0.2) is 0 Å². The molecule has 0 aromatic rings. The second-order valence-electron chi connectivity index (χ2n) is 6.51. The zero-order valence-corrected chi connectivity index (χ0v) is 10.6. The number of rotatable bonds is 5. The van der Waals surface area contributed by atoms with Gasteiger partial charge >= 0.3 is 0 Å². The first-order chi connectivity index (χ1) is 7.78. The Bertz CT molecular complexity index is 243. The highest BCUT2D eigenvalue weighted by Gasteiger charge is 2.53. The molecule has 0 spiro atoms. The highest BCUT2D eigenvalue weighted by molar-refractivity contribution is 5.05. The number of piperidine rings is 1. The van der Waals surface area contributed by atoms with E-state index in [1.165, 1.54) is 58.2 Å². The molecule has 2 N–H and O–H groups in total. The lowest BCUT2D eigenvalue weighted by Gasteiger charge is -2.28. The molecule has 3 fully saturated rings. The van der Waals surface area contributed by atoms with E-state index >= 15 is 0 Å². The molecule has 0 bridgehead atoms. The molecular weight excluding hydrogens is 196 g/mol. The highest BCUT2D eigenvalue weighted by Crippen LogP contribution is 2.60. The first-order valence-corrected chi connectivity index (χ1v) is 7.23. The fourth-order valence-electron chi connectivity index (χ4n) is 3.53. The van der Waals surface area contributed by atoms with Crippen molar-refractivity contribution in [2.45, 2.75) is 51.5 Å². The van der Waals surface area contributed by atoms with Crippen LogP contribution < -0.4 is 10.6 Å². The average Bonchev–Trinajstić information content (AvgIpc) is 3.13. The lowest BCUT2D eigenvalue weighted by Crippen LogP contribution is -2.40. The fourth-order valence-corrected chi connectivity index (χ4v) is 3.53. The molecule has 0 aromatic heterocycles. The number of hydrogen-bond acceptors (Lipinski definition) is 2. The van der Waals surface area contributed by atoms with E-state index in [4.69, 9.17) is 0 Å². The van der Waals surface area contributed by atoms with E-state index in [2.05, 4.69) is 17.6 Å². The van der Waals surface area contributed by atoms with Gasteiger partial charge in [0.25, 0.3) is 0 Å². The quantitative estimate of drug-likeness (QED) is 0.745. The minimum absolute atomic E-state index is 0.735. The second-order valence-corrected chi connectivity index (χ2v) is 6.51. The van der Waals surface area contributed by atoms with Gasteiger partial charge in [0.1, 0.15) is 0 Å². The molecule has 2 aliphatic carbocycles. The minimum Gasteiger partial charge on any atom is -0.316 e. The predicted molar refractivity (Wildman–Crippen MR) is 67.4 cm³/mol. The summed E-state index contributed by atoms with van der Waals surface area (Å²) in [6, 6.07) is 0.735. The molecule has 0 amide bonds. The van der Waals surface area contributed by atoms with Gasteiger partial charge in [0.05, 0.1) is 0 Å². The van der Waals surface area contributed by atoms with Crippen LogP contribution in [0.3, 0.4) is 0 Å². The van der Waals surface area contributed by atoms with Crippen molar-refractivity contribution < 1.29 is 0 Å². The van der Waals surface area contributed by atoms with Crippen LogP contribution in [0, 0.1) is 17.3 Å². The first-order valence-electron chi connectivity index (χ1n) is 7.23. The molecule has 2 atom stereocenters. The average molecular weight is 222 g/mol. The summed E-state index contributed by atoms with van der Waals surface area (Å²) in [7, 11) is 0. The second kappa shape index (κ2) is 4.30. The van der Waals surface area contributed by atoms with Crippen LogP contribution in [0.1, 0.15) is 45.4 Å². The maximum Gasteiger partial charge on any atom is 0.00418 e. The summed E-state index contributed by atoms with van der Waals surface area (Å²) in [5, 5.41) is 7.30. The van der Waals surface area contributed by atoms with Gasteiger partial charge in [-0.25, -0.2) is 0 Å². The lowest BCUT2D eigenvalue weighted by atomic mass is 9.92. The van der Waals surface area contributed by atoms with E-state index < -0.39 is 0 Å². The van der Waals surface area contributed by atoms with Crippen LogP contribution in [0.2, 0.25) is 0 Å². The smallest absolute Gasteiger partial charge is 0.00418 e.